The van der Waals surface area contributed by atoms with Crippen LogP contribution in [-0.4, -0.2) is 37.6 Å². The zero-order chi connectivity index (χ0) is 10.4. The third-order valence-corrected chi connectivity index (χ3v) is 1.75. The molecule has 0 fully saturated rings. The smallest absolute Gasteiger partial charge is 0.323 e. The number of esters is 1. The standard InChI is InChI=1S/C9H16ClNO2/c1-5-13-9(12)8(11(3)4)6-7(2)10/h8H,2,5-6H2,1,3-4H3. The van der Waals surface area contributed by atoms with E-state index in [2.05, 4.69) is 6.58 Å². The van der Waals surface area contributed by atoms with Crippen LogP contribution in [0.4, 0.5) is 0 Å². The molecule has 0 aromatic rings. The van der Waals surface area contributed by atoms with Crippen LogP contribution in [0.5, 0.6) is 0 Å². The zero-order valence-corrected chi connectivity index (χ0v) is 9.10. The van der Waals surface area contributed by atoms with Crippen molar-refractivity contribution >= 4 is 17.6 Å². The molecule has 0 radical (unpaired) electrons. The predicted molar refractivity (Wildman–Crippen MR) is 53.7 cm³/mol. The molecule has 76 valence electrons. The summed E-state index contributed by atoms with van der Waals surface area (Å²) < 4.78 is 4.89. The Balaban J connectivity index is 4.24. The van der Waals surface area contributed by atoms with Crippen molar-refractivity contribution in [3.63, 3.8) is 0 Å². The molecule has 0 spiro atoms. The van der Waals surface area contributed by atoms with Gasteiger partial charge in [-0.3, -0.25) is 9.69 Å². The lowest BCUT2D eigenvalue weighted by Gasteiger charge is -2.21. The topological polar surface area (TPSA) is 29.5 Å². The maximum atomic E-state index is 11.4. The minimum absolute atomic E-state index is 0.255. The van der Waals surface area contributed by atoms with Crippen LogP contribution < -0.4 is 0 Å². The van der Waals surface area contributed by atoms with Crippen LogP contribution >= 0.6 is 11.6 Å². The first-order valence-electron chi connectivity index (χ1n) is 4.15. The van der Waals surface area contributed by atoms with Gasteiger partial charge in [-0.2, -0.15) is 0 Å². The van der Waals surface area contributed by atoms with E-state index in [-0.39, 0.29) is 12.0 Å². The molecule has 0 aromatic heterocycles. The second kappa shape index (κ2) is 6.00. The SMILES string of the molecule is C=C(Cl)CC(C(=O)OCC)N(C)C. The van der Waals surface area contributed by atoms with Crippen molar-refractivity contribution in [2.45, 2.75) is 19.4 Å². The van der Waals surface area contributed by atoms with Gasteiger partial charge >= 0.3 is 5.97 Å². The summed E-state index contributed by atoms with van der Waals surface area (Å²) in [6.45, 7) is 5.72. The van der Waals surface area contributed by atoms with Gasteiger partial charge in [0.05, 0.1) is 6.61 Å². The summed E-state index contributed by atoms with van der Waals surface area (Å²) >= 11 is 5.63. The van der Waals surface area contributed by atoms with Gasteiger partial charge in [-0.25, -0.2) is 0 Å². The number of carbonyl (C=O) groups excluding carboxylic acids is 1. The van der Waals surface area contributed by atoms with Gasteiger partial charge in [0, 0.05) is 11.5 Å². The molecule has 0 N–H and O–H groups in total. The zero-order valence-electron chi connectivity index (χ0n) is 8.34. The summed E-state index contributed by atoms with van der Waals surface area (Å²) in [5.41, 5.74) is 0. The Morgan fingerprint density at radius 1 is 1.62 bits per heavy atom. The highest BCUT2D eigenvalue weighted by molar-refractivity contribution is 6.29. The number of hydrogen-bond acceptors (Lipinski definition) is 3. The van der Waals surface area contributed by atoms with E-state index in [9.17, 15) is 4.79 Å². The molecule has 0 saturated heterocycles. The molecule has 0 aliphatic carbocycles. The van der Waals surface area contributed by atoms with Crippen LogP contribution in [0, 0.1) is 0 Å². The summed E-state index contributed by atoms with van der Waals surface area (Å²) in [6.07, 6.45) is 0.424. The molecule has 4 heteroatoms. The van der Waals surface area contributed by atoms with Crippen LogP contribution in [0.15, 0.2) is 11.6 Å². The Bertz CT molecular complexity index is 192. The van der Waals surface area contributed by atoms with Gasteiger partial charge in [0.2, 0.25) is 0 Å². The molecule has 1 atom stereocenters. The summed E-state index contributed by atoms with van der Waals surface area (Å²) in [5, 5.41) is 0.465. The van der Waals surface area contributed by atoms with Crippen molar-refractivity contribution in [3.8, 4) is 0 Å². The van der Waals surface area contributed by atoms with Gasteiger partial charge in [0.1, 0.15) is 6.04 Å². The van der Waals surface area contributed by atoms with Gasteiger partial charge in [-0.05, 0) is 21.0 Å². The minimum atomic E-state index is -0.329. The van der Waals surface area contributed by atoms with E-state index in [0.717, 1.165) is 0 Å². The van der Waals surface area contributed by atoms with E-state index in [1.807, 2.05) is 0 Å². The van der Waals surface area contributed by atoms with Crippen LogP contribution in [-0.2, 0) is 9.53 Å². The monoisotopic (exact) mass is 205 g/mol. The highest BCUT2D eigenvalue weighted by Crippen LogP contribution is 2.12. The van der Waals surface area contributed by atoms with Crippen molar-refractivity contribution in [2.75, 3.05) is 20.7 Å². The molecule has 13 heavy (non-hydrogen) atoms. The van der Waals surface area contributed by atoms with Crippen LogP contribution in [0.25, 0.3) is 0 Å². The molecule has 3 nitrogen and oxygen atoms in total. The van der Waals surface area contributed by atoms with Gasteiger partial charge in [0.25, 0.3) is 0 Å². The average molecular weight is 206 g/mol. The van der Waals surface area contributed by atoms with Crippen molar-refractivity contribution in [1.82, 2.24) is 4.90 Å². The summed E-state index contributed by atoms with van der Waals surface area (Å²) in [6, 6.07) is -0.329. The number of ether oxygens (including phenoxy) is 1. The van der Waals surface area contributed by atoms with E-state index in [1.54, 1.807) is 25.9 Å². The van der Waals surface area contributed by atoms with Crippen LogP contribution in [0.2, 0.25) is 0 Å². The number of halogens is 1. The molecule has 0 aromatic carbocycles. The lowest BCUT2D eigenvalue weighted by atomic mass is 10.2. The Morgan fingerprint density at radius 3 is 2.46 bits per heavy atom. The second-order valence-corrected chi connectivity index (χ2v) is 3.49. The first-order valence-corrected chi connectivity index (χ1v) is 4.53. The molecule has 0 aliphatic heterocycles. The highest BCUT2D eigenvalue weighted by atomic mass is 35.5. The maximum Gasteiger partial charge on any atom is 0.323 e. The van der Waals surface area contributed by atoms with Gasteiger partial charge in [0.15, 0.2) is 0 Å². The van der Waals surface area contributed by atoms with Crippen molar-refractivity contribution in [3.05, 3.63) is 11.6 Å². The summed E-state index contributed by atoms with van der Waals surface area (Å²) in [4.78, 5) is 13.1. The highest BCUT2D eigenvalue weighted by Gasteiger charge is 2.22. The molecule has 0 amide bonds. The molecular weight excluding hydrogens is 190 g/mol. The van der Waals surface area contributed by atoms with E-state index >= 15 is 0 Å². The number of nitrogens with zero attached hydrogens (tertiary/aromatic N) is 1. The van der Waals surface area contributed by atoms with E-state index in [0.29, 0.717) is 18.1 Å². The van der Waals surface area contributed by atoms with E-state index in [4.69, 9.17) is 16.3 Å². The van der Waals surface area contributed by atoms with Crippen molar-refractivity contribution in [1.29, 1.82) is 0 Å². The maximum absolute atomic E-state index is 11.4. The molecule has 0 heterocycles. The second-order valence-electron chi connectivity index (χ2n) is 2.95. The average Bonchev–Trinajstić information content (AvgIpc) is 1.99. The Kier molecular flexibility index (Phi) is 5.75. The normalized spacial score (nSPS) is 12.7. The van der Waals surface area contributed by atoms with Crippen molar-refractivity contribution < 1.29 is 9.53 Å². The number of rotatable bonds is 5. The van der Waals surface area contributed by atoms with Crippen LogP contribution in [0.1, 0.15) is 13.3 Å². The van der Waals surface area contributed by atoms with Crippen LogP contribution in [0.3, 0.4) is 0 Å². The Morgan fingerprint density at radius 2 is 2.15 bits per heavy atom. The lowest BCUT2D eigenvalue weighted by Crippen LogP contribution is -2.37. The fourth-order valence-corrected chi connectivity index (χ4v) is 1.07. The molecule has 0 rings (SSSR count). The third kappa shape index (κ3) is 4.90. The van der Waals surface area contributed by atoms with Gasteiger partial charge in [-0.15, -0.1) is 0 Å². The third-order valence-electron chi connectivity index (χ3n) is 1.60. The Labute approximate surface area is 84.3 Å². The van der Waals surface area contributed by atoms with E-state index in [1.165, 1.54) is 0 Å². The fourth-order valence-electron chi connectivity index (χ4n) is 0.925. The fraction of sp³-hybridized carbons (Fsp3) is 0.667. The van der Waals surface area contributed by atoms with Gasteiger partial charge < -0.3 is 4.74 Å². The van der Waals surface area contributed by atoms with Crippen molar-refractivity contribution in [2.24, 2.45) is 0 Å². The minimum Gasteiger partial charge on any atom is -0.465 e. The molecule has 1 unspecified atom stereocenters. The Hall–Kier alpha value is -0.540. The molecule has 0 bridgehead atoms. The summed E-state index contributed by atoms with van der Waals surface area (Å²) in [7, 11) is 3.61. The first kappa shape index (κ1) is 12.5. The first-order chi connectivity index (χ1) is 5.99. The summed E-state index contributed by atoms with van der Waals surface area (Å²) in [5.74, 6) is -0.255. The number of hydrogen-bond donors (Lipinski definition) is 0. The predicted octanol–water partition coefficient (Wildman–Crippen LogP) is 1.62. The number of likely N-dealkylation sites (N-methyl/N-ethyl adjacent to an activating group) is 1. The number of carbonyl (C=O) groups is 1. The van der Waals surface area contributed by atoms with E-state index < -0.39 is 0 Å². The molecule has 0 saturated carbocycles. The largest absolute Gasteiger partial charge is 0.465 e. The quantitative estimate of drug-likeness (QED) is 0.639. The molecule has 0 aliphatic rings. The molecular formula is C9H16ClNO2. The van der Waals surface area contributed by atoms with Gasteiger partial charge in [-0.1, -0.05) is 18.2 Å². The lowest BCUT2D eigenvalue weighted by molar-refractivity contribution is -0.148.